The highest BCUT2D eigenvalue weighted by Crippen LogP contribution is 2.09. The fourth-order valence-corrected chi connectivity index (χ4v) is 2.00. The lowest BCUT2D eigenvalue weighted by Crippen LogP contribution is -2.51. The number of rotatable bonds is 8. The van der Waals surface area contributed by atoms with E-state index in [1.165, 1.54) is 0 Å². The molecule has 19 heavy (non-hydrogen) atoms. The van der Waals surface area contributed by atoms with E-state index in [0.29, 0.717) is 26.2 Å². The summed E-state index contributed by atoms with van der Waals surface area (Å²) < 4.78 is 10.8. The van der Waals surface area contributed by atoms with Crippen molar-refractivity contribution in [1.29, 1.82) is 0 Å². The third kappa shape index (κ3) is 7.11. The van der Waals surface area contributed by atoms with Gasteiger partial charge in [-0.3, -0.25) is 4.79 Å². The van der Waals surface area contributed by atoms with E-state index in [4.69, 9.17) is 15.2 Å². The Morgan fingerprint density at radius 2 is 2.32 bits per heavy atom. The largest absolute Gasteiger partial charge is 0.379 e. The van der Waals surface area contributed by atoms with Crippen molar-refractivity contribution in [1.82, 2.24) is 5.32 Å². The summed E-state index contributed by atoms with van der Waals surface area (Å²) in [4.78, 5) is 11.8. The highest BCUT2D eigenvalue weighted by atomic mass is 35.5. The quantitative estimate of drug-likeness (QED) is 0.661. The summed E-state index contributed by atoms with van der Waals surface area (Å²) in [6.45, 7) is 6.56. The van der Waals surface area contributed by atoms with Crippen LogP contribution in [0.15, 0.2) is 0 Å². The van der Waals surface area contributed by atoms with Crippen LogP contribution < -0.4 is 11.1 Å². The number of halogens is 1. The second-order valence-electron chi connectivity index (χ2n) is 5.13. The van der Waals surface area contributed by atoms with Crippen molar-refractivity contribution < 1.29 is 14.3 Å². The standard InChI is InChI=1S/C13H26N2O3.ClH/c1-3-6-13(2,14)12(16)15-7-4-8-18-11-5-9-17-10-11;/h11H,3-10,14H2,1-2H3,(H,15,16);1H. The van der Waals surface area contributed by atoms with Crippen LogP contribution in [0.25, 0.3) is 0 Å². The maximum Gasteiger partial charge on any atom is 0.239 e. The minimum absolute atomic E-state index is 0. The first-order chi connectivity index (χ1) is 8.56. The van der Waals surface area contributed by atoms with E-state index in [9.17, 15) is 4.79 Å². The van der Waals surface area contributed by atoms with Crippen molar-refractivity contribution in [2.45, 2.75) is 51.2 Å². The summed E-state index contributed by atoms with van der Waals surface area (Å²) in [5.74, 6) is -0.0754. The Morgan fingerprint density at radius 1 is 1.58 bits per heavy atom. The number of nitrogens with two attached hydrogens (primary N) is 1. The van der Waals surface area contributed by atoms with Crippen molar-refractivity contribution in [2.75, 3.05) is 26.4 Å². The van der Waals surface area contributed by atoms with Crippen LogP contribution >= 0.6 is 12.4 Å². The molecule has 0 radical (unpaired) electrons. The van der Waals surface area contributed by atoms with Crippen LogP contribution in [0.4, 0.5) is 0 Å². The topological polar surface area (TPSA) is 73.6 Å². The third-order valence-corrected chi connectivity index (χ3v) is 3.14. The van der Waals surface area contributed by atoms with Gasteiger partial charge in [-0.05, 0) is 26.2 Å². The molecule has 1 heterocycles. The molecule has 1 aliphatic rings. The lowest BCUT2D eigenvalue weighted by molar-refractivity contribution is -0.126. The van der Waals surface area contributed by atoms with Crippen LogP contribution in [0, 0.1) is 0 Å². The summed E-state index contributed by atoms with van der Waals surface area (Å²) >= 11 is 0. The summed E-state index contributed by atoms with van der Waals surface area (Å²) in [7, 11) is 0. The van der Waals surface area contributed by atoms with Crippen LogP contribution in [0.2, 0.25) is 0 Å². The Labute approximate surface area is 122 Å². The highest BCUT2D eigenvalue weighted by molar-refractivity contribution is 5.85. The van der Waals surface area contributed by atoms with Crippen molar-refractivity contribution in [3.63, 3.8) is 0 Å². The minimum atomic E-state index is -0.755. The van der Waals surface area contributed by atoms with Gasteiger partial charge in [0.05, 0.1) is 18.2 Å². The van der Waals surface area contributed by atoms with E-state index in [1.54, 1.807) is 6.92 Å². The van der Waals surface area contributed by atoms with Crippen LogP contribution in [0.3, 0.4) is 0 Å². The second kappa shape index (κ2) is 9.53. The summed E-state index contributed by atoms with van der Waals surface area (Å²) in [5, 5.41) is 2.86. The van der Waals surface area contributed by atoms with Gasteiger partial charge in [0.15, 0.2) is 0 Å². The smallest absolute Gasteiger partial charge is 0.239 e. The average molecular weight is 295 g/mol. The third-order valence-electron chi connectivity index (χ3n) is 3.14. The number of amides is 1. The van der Waals surface area contributed by atoms with Gasteiger partial charge in [0.1, 0.15) is 0 Å². The van der Waals surface area contributed by atoms with Gasteiger partial charge in [-0.1, -0.05) is 13.3 Å². The predicted octanol–water partition coefficient (Wildman–Crippen LogP) is 1.24. The van der Waals surface area contributed by atoms with E-state index in [0.717, 1.165) is 25.9 Å². The monoisotopic (exact) mass is 294 g/mol. The molecular weight excluding hydrogens is 268 g/mol. The van der Waals surface area contributed by atoms with Gasteiger partial charge in [-0.25, -0.2) is 0 Å². The van der Waals surface area contributed by atoms with Crippen molar-refractivity contribution in [3.05, 3.63) is 0 Å². The normalized spacial score (nSPS) is 21.5. The van der Waals surface area contributed by atoms with E-state index in [-0.39, 0.29) is 24.4 Å². The van der Waals surface area contributed by atoms with Gasteiger partial charge in [-0.2, -0.15) is 0 Å². The Kier molecular flexibility index (Phi) is 9.35. The maximum atomic E-state index is 11.8. The molecule has 0 aromatic heterocycles. The Morgan fingerprint density at radius 3 is 2.89 bits per heavy atom. The second-order valence-corrected chi connectivity index (χ2v) is 5.13. The molecule has 5 nitrogen and oxygen atoms in total. The number of hydrogen-bond donors (Lipinski definition) is 2. The molecule has 1 saturated heterocycles. The molecule has 0 aromatic carbocycles. The lowest BCUT2D eigenvalue weighted by atomic mass is 9.96. The van der Waals surface area contributed by atoms with Crippen molar-refractivity contribution in [3.8, 4) is 0 Å². The summed E-state index contributed by atoms with van der Waals surface area (Å²) in [6.07, 6.45) is 3.63. The number of nitrogens with one attached hydrogen (secondary N) is 1. The van der Waals surface area contributed by atoms with Gasteiger partial charge in [0, 0.05) is 19.8 Å². The number of ether oxygens (including phenoxy) is 2. The average Bonchev–Trinajstić information content (AvgIpc) is 2.81. The molecule has 1 amide bonds. The fourth-order valence-electron chi connectivity index (χ4n) is 2.00. The minimum Gasteiger partial charge on any atom is -0.379 e. The zero-order valence-corrected chi connectivity index (χ0v) is 12.8. The van der Waals surface area contributed by atoms with Crippen molar-refractivity contribution >= 4 is 18.3 Å². The molecule has 3 N–H and O–H groups in total. The predicted molar refractivity (Wildman–Crippen MR) is 77.6 cm³/mol. The SMILES string of the molecule is CCCC(C)(N)C(=O)NCCCOC1CCOC1.Cl. The first kappa shape index (κ1) is 18.6. The Balaban J connectivity index is 0.00000324. The first-order valence-corrected chi connectivity index (χ1v) is 6.83. The van der Waals surface area contributed by atoms with Crippen molar-refractivity contribution in [2.24, 2.45) is 5.73 Å². The molecule has 1 rings (SSSR count). The van der Waals surface area contributed by atoms with E-state index >= 15 is 0 Å². The fraction of sp³-hybridized carbons (Fsp3) is 0.923. The van der Waals surface area contributed by atoms with E-state index in [1.807, 2.05) is 6.92 Å². The van der Waals surface area contributed by atoms with Gasteiger partial charge in [0.2, 0.25) is 5.91 Å². The summed E-state index contributed by atoms with van der Waals surface area (Å²) in [5.41, 5.74) is 5.17. The molecule has 2 atom stereocenters. The van der Waals surface area contributed by atoms with E-state index in [2.05, 4.69) is 5.32 Å². The van der Waals surface area contributed by atoms with Gasteiger partial charge >= 0.3 is 0 Å². The molecule has 0 saturated carbocycles. The zero-order valence-electron chi connectivity index (χ0n) is 11.9. The number of hydrogen-bond acceptors (Lipinski definition) is 4. The van der Waals surface area contributed by atoms with E-state index < -0.39 is 5.54 Å². The zero-order chi connectivity index (χ0) is 13.4. The molecule has 2 unspecified atom stereocenters. The molecule has 0 aliphatic carbocycles. The molecule has 114 valence electrons. The molecular formula is C13H27ClN2O3. The first-order valence-electron chi connectivity index (χ1n) is 6.83. The number of carbonyl (C=O) groups is 1. The van der Waals surface area contributed by atoms with Crippen LogP contribution in [0.1, 0.15) is 39.5 Å². The Bertz CT molecular complexity index is 256. The molecule has 0 bridgehead atoms. The number of carbonyl (C=O) groups excluding carboxylic acids is 1. The van der Waals surface area contributed by atoms with Gasteiger partial charge in [-0.15, -0.1) is 12.4 Å². The molecule has 0 aromatic rings. The van der Waals surface area contributed by atoms with Gasteiger partial charge in [0.25, 0.3) is 0 Å². The maximum absolute atomic E-state index is 11.8. The van der Waals surface area contributed by atoms with Crippen LogP contribution in [0.5, 0.6) is 0 Å². The van der Waals surface area contributed by atoms with Crippen LogP contribution in [-0.2, 0) is 14.3 Å². The summed E-state index contributed by atoms with van der Waals surface area (Å²) in [6, 6.07) is 0. The Hall–Kier alpha value is -0.360. The van der Waals surface area contributed by atoms with Crippen LogP contribution in [-0.4, -0.2) is 43.9 Å². The lowest BCUT2D eigenvalue weighted by Gasteiger charge is -2.22. The van der Waals surface area contributed by atoms with Gasteiger partial charge < -0.3 is 20.5 Å². The molecule has 6 heteroatoms. The molecule has 0 spiro atoms. The molecule has 1 fully saturated rings. The highest BCUT2D eigenvalue weighted by Gasteiger charge is 2.26. The molecule has 1 aliphatic heterocycles.